The van der Waals surface area contributed by atoms with Crippen LogP contribution in [-0.4, -0.2) is 30.9 Å². The molecule has 0 unspecified atom stereocenters. The number of hydrogen-bond acceptors (Lipinski definition) is 5. The number of thiophene rings is 1. The van der Waals surface area contributed by atoms with Gasteiger partial charge in [-0.05, 0) is 41.8 Å². The van der Waals surface area contributed by atoms with Crippen molar-refractivity contribution in [2.24, 2.45) is 5.73 Å². The van der Waals surface area contributed by atoms with Gasteiger partial charge in [0.15, 0.2) is 0 Å². The lowest BCUT2D eigenvalue weighted by atomic mass is 10.0. The lowest BCUT2D eigenvalue weighted by molar-refractivity contribution is -0.123. The summed E-state index contributed by atoms with van der Waals surface area (Å²) in [6, 6.07) is 6.74. The fourth-order valence-corrected chi connectivity index (χ4v) is 3.24. The van der Waals surface area contributed by atoms with Crippen molar-refractivity contribution < 1.29 is 18.7 Å². The van der Waals surface area contributed by atoms with E-state index >= 15 is 0 Å². The second-order valence-corrected chi connectivity index (χ2v) is 5.96. The molecule has 1 amide bonds. The number of esters is 1. The molecule has 2 aromatic rings. The summed E-state index contributed by atoms with van der Waals surface area (Å²) in [5, 5.41) is 1.77. The predicted octanol–water partition coefficient (Wildman–Crippen LogP) is 2.33. The van der Waals surface area contributed by atoms with E-state index in [9.17, 15) is 14.0 Å². The van der Waals surface area contributed by atoms with Crippen molar-refractivity contribution in [1.29, 1.82) is 0 Å². The molecule has 0 bridgehead atoms. The summed E-state index contributed by atoms with van der Waals surface area (Å²) < 4.78 is 18.2. The summed E-state index contributed by atoms with van der Waals surface area (Å²) >= 11 is 1.27. The van der Waals surface area contributed by atoms with Gasteiger partial charge in [-0.1, -0.05) is 12.1 Å². The third-order valence-electron chi connectivity index (χ3n) is 3.41. The van der Waals surface area contributed by atoms with Crippen LogP contribution >= 0.6 is 11.3 Å². The second kappa shape index (κ2) is 7.34. The van der Waals surface area contributed by atoms with E-state index in [1.807, 2.05) is 0 Å². The van der Waals surface area contributed by atoms with Gasteiger partial charge in [0.1, 0.15) is 16.7 Å². The molecular weight excluding hydrogens is 319 g/mol. The number of nitrogens with zero attached hydrogens (tertiary/aromatic N) is 1. The quantitative estimate of drug-likeness (QED) is 0.822. The van der Waals surface area contributed by atoms with Crippen molar-refractivity contribution in [2.45, 2.75) is 12.6 Å². The minimum atomic E-state index is -0.795. The number of rotatable bonds is 6. The Morgan fingerprint density at radius 3 is 2.74 bits per heavy atom. The molecule has 0 saturated carbocycles. The molecule has 23 heavy (non-hydrogen) atoms. The van der Waals surface area contributed by atoms with Gasteiger partial charge in [0, 0.05) is 6.54 Å². The maximum Gasteiger partial charge on any atom is 0.348 e. The maximum absolute atomic E-state index is 13.4. The standard InChI is InChI=1S/C16H17FN2O3S/c1-19(9-11-6-7-23-14(11)16(21)22-2)13(15(18)20)10-4-3-5-12(17)8-10/h3-8,13H,9H2,1-2H3,(H2,18,20)/t13-/m1/s1. The van der Waals surface area contributed by atoms with Crippen molar-refractivity contribution in [3.8, 4) is 0 Å². The zero-order valence-electron chi connectivity index (χ0n) is 12.8. The van der Waals surface area contributed by atoms with Gasteiger partial charge in [0.2, 0.25) is 5.91 Å². The Morgan fingerprint density at radius 2 is 2.13 bits per heavy atom. The molecule has 122 valence electrons. The van der Waals surface area contributed by atoms with Gasteiger partial charge in [-0.3, -0.25) is 9.69 Å². The first kappa shape index (κ1) is 17.1. The minimum Gasteiger partial charge on any atom is -0.465 e. The van der Waals surface area contributed by atoms with Crippen LogP contribution in [0.1, 0.15) is 26.8 Å². The summed E-state index contributed by atoms with van der Waals surface area (Å²) in [7, 11) is 3.01. The molecule has 0 aliphatic carbocycles. The zero-order valence-corrected chi connectivity index (χ0v) is 13.6. The summed E-state index contributed by atoms with van der Waals surface area (Å²) in [6.45, 7) is 0.304. The summed E-state index contributed by atoms with van der Waals surface area (Å²) in [4.78, 5) is 25.7. The third-order valence-corrected chi connectivity index (χ3v) is 4.35. The van der Waals surface area contributed by atoms with E-state index in [1.165, 1.54) is 36.6 Å². The Labute approximate surface area is 137 Å². The van der Waals surface area contributed by atoms with E-state index in [4.69, 9.17) is 10.5 Å². The van der Waals surface area contributed by atoms with Crippen molar-refractivity contribution in [3.05, 3.63) is 57.5 Å². The molecule has 0 fully saturated rings. The van der Waals surface area contributed by atoms with E-state index in [-0.39, 0.29) is 0 Å². The summed E-state index contributed by atoms with van der Waals surface area (Å²) in [5.41, 5.74) is 6.68. The highest BCUT2D eigenvalue weighted by Crippen LogP contribution is 2.25. The van der Waals surface area contributed by atoms with E-state index in [0.29, 0.717) is 17.0 Å². The van der Waals surface area contributed by atoms with Crippen LogP contribution in [0.25, 0.3) is 0 Å². The molecule has 1 atom stereocenters. The third kappa shape index (κ3) is 3.94. The Hall–Kier alpha value is -2.25. The van der Waals surface area contributed by atoms with Crippen molar-refractivity contribution in [2.75, 3.05) is 14.2 Å². The molecule has 1 heterocycles. The fourth-order valence-electron chi connectivity index (χ4n) is 2.40. The normalized spacial score (nSPS) is 12.2. The molecule has 7 heteroatoms. The van der Waals surface area contributed by atoms with E-state index in [2.05, 4.69) is 0 Å². The lowest BCUT2D eigenvalue weighted by Crippen LogP contribution is -2.35. The average molecular weight is 336 g/mol. The number of hydrogen-bond donors (Lipinski definition) is 1. The van der Waals surface area contributed by atoms with Gasteiger partial charge in [0.25, 0.3) is 0 Å². The maximum atomic E-state index is 13.4. The highest BCUT2D eigenvalue weighted by Gasteiger charge is 2.25. The van der Waals surface area contributed by atoms with Gasteiger partial charge in [-0.15, -0.1) is 11.3 Å². The number of amides is 1. The lowest BCUT2D eigenvalue weighted by Gasteiger charge is -2.26. The van der Waals surface area contributed by atoms with E-state index in [0.717, 1.165) is 5.56 Å². The first-order valence-corrected chi connectivity index (χ1v) is 7.71. The van der Waals surface area contributed by atoms with Crippen LogP contribution in [0.15, 0.2) is 35.7 Å². The minimum absolute atomic E-state index is 0.304. The highest BCUT2D eigenvalue weighted by molar-refractivity contribution is 7.12. The van der Waals surface area contributed by atoms with Gasteiger partial charge in [0.05, 0.1) is 7.11 Å². The largest absolute Gasteiger partial charge is 0.465 e. The predicted molar refractivity (Wildman–Crippen MR) is 85.5 cm³/mol. The number of nitrogens with two attached hydrogens (primary N) is 1. The summed E-state index contributed by atoms with van der Waals surface area (Å²) in [5.74, 6) is -1.45. The topological polar surface area (TPSA) is 72.6 Å². The first-order chi connectivity index (χ1) is 10.9. The molecule has 0 aliphatic rings. The molecule has 2 N–H and O–H groups in total. The van der Waals surface area contributed by atoms with Gasteiger partial charge in [-0.25, -0.2) is 9.18 Å². The van der Waals surface area contributed by atoms with Gasteiger partial charge >= 0.3 is 5.97 Å². The monoisotopic (exact) mass is 336 g/mol. The fraction of sp³-hybridized carbons (Fsp3) is 0.250. The molecule has 1 aromatic heterocycles. The molecule has 0 aliphatic heterocycles. The molecule has 0 spiro atoms. The number of benzene rings is 1. The van der Waals surface area contributed by atoms with Crippen LogP contribution in [0.3, 0.4) is 0 Å². The van der Waals surface area contributed by atoms with E-state index in [1.54, 1.807) is 29.5 Å². The van der Waals surface area contributed by atoms with Gasteiger partial charge < -0.3 is 10.5 Å². The Morgan fingerprint density at radius 1 is 1.39 bits per heavy atom. The number of carbonyl (C=O) groups is 2. The van der Waals surface area contributed by atoms with Crippen molar-refractivity contribution in [3.63, 3.8) is 0 Å². The molecule has 2 rings (SSSR count). The number of primary amides is 1. The van der Waals surface area contributed by atoms with Crippen LogP contribution in [-0.2, 0) is 16.1 Å². The number of halogens is 1. The SMILES string of the molecule is COC(=O)c1sccc1CN(C)[C@@H](C(N)=O)c1cccc(F)c1. The van der Waals surface area contributed by atoms with Crippen LogP contribution in [0.4, 0.5) is 4.39 Å². The number of likely N-dealkylation sites (N-methyl/N-ethyl adjacent to an activating group) is 1. The molecule has 0 saturated heterocycles. The van der Waals surface area contributed by atoms with Crippen LogP contribution in [0.5, 0.6) is 0 Å². The molecule has 5 nitrogen and oxygen atoms in total. The number of ether oxygens (including phenoxy) is 1. The molecular formula is C16H17FN2O3S. The van der Waals surface area contributed by atoms with Crippen LogP contribution < -0.4 is 5.73 Å². The number of methoxy groups -OCH3 is 1. The van der Waals surface area contributed by atoms with Crippen LogP contribution in [0.2, 0.25) is 0 Å². The smallest absolute Gasteiger partial charge is 0.348 e. The second-order valence-electron chi connectivity index (χ2n) is 5.04. The van der Waals surface area contributed by atoms with Gasteiger partial charge in [-0.2, -0.15) is 0 Å². The van der Waals surface area contributed by atoms with E-state index < -0.39 is 23.7 Å². The Kier molecular flexibility index (Phi) is 5.46. The molecule has 0 radical (unpaired) electrons. The average Bonchev–Trinajstić information content (AvgIpc) is 2.94. The first-order valence-electron chi connectivity index (χ1n) is 6.83. The Bertz CT molecular complexity index is 717. The molecule has 1 aromatic carbocycles. The Balaban J connectivity index is 2.26. The van der Waals surface area contributed by atoms with Crippen molar-refractivity contribution in [1.82, 2.24) is 4.90 Å². The van der Waals surface area contributed by atoms with Crippen LogP contribution in [0, 0.1) is 5.82 Å². The highest BCUT2D eigenvalue weighted by atomic mass is 32.1. The number of carbonyl (C=O) groups excluding carboxylic acids is 2. The van der Waals surface area contributed by atoms with Crippen molar-refractivity contribution >= 4 is 23.2 Å². The summed E-state index contributed by atoms with van der Waals surface area (Å²) in [6.07, 6.45) is 0. The zero-order chi connectivity index (χ0) is 17.0.